The second kappa shape index (κ2) is 6.49. The SMILES string of the molecule is O[C@H]1CCCC[C@@H]1Nc1nnc(Cc2ccc(F)cc2)s1. The number of benzene rings is 1. The van der Waals surface area contributed by atoms with Crippen molar-refractivity contribution in [2.24, 2.45) is 0 Å². The Kier molecular flexibility index (Phi) is 4.45. The molecule has 0 aliphatic heterocycles. The van der Waals surface area contributed by atoms with Crippen molar-refractivity contribution in [2.45, 2.75) is 44.2 Å². The van der Waals surface area contributed by atoms with Crippen molar-refractivity contribution in [2.75, 3.05) is 5.32 Å². The van der Waals surface area contributed by atoms with Gasteiger partial charge in [-0.05, 0) is 30.5 Å². The van der Waals surface area contributed by atoms with E-state index in [0.29, 0.717) is 6.42 Å². The van der Waals surface area contributed by atoms with Crippen LogP contribution in [-0.4, -0.2) is 27.4 Å². The Hall–Kier alpha value is -1.53. The first-order valence-corrected chi connectivity index (χ1v) is 8.04. The van der Waals surface area contributed by atoms with Gasteiger partial charge in [0.25, 0.3) is 0 Å². The van der Waals surface area contributed by atoms with Gasteiger partial charge in [-0.25, -0.2) is 4.39 Å². The van der Waals surface area contributed by atoms with E-state index < -0.39 is 0 Å². The van der Waals surface area contributed by atoms with Crippen LogP contribution in [0.3, 0.4) is 0 Å². The molecule has 112 valence electrons. The van der Waals surface area contributed by atoms with Crippen LogP contribution in [0, 0.1) is 5.82 Å². The molecule has 1 heterocycles. The Morgan fingerprint density at radius 3 is 2.71 bits per heavy atom. The third kappa shape index (κ3) is 3.77. The van der Waals surface area contributed by atoms with Crippen LogP contribution in [0.25, 0.3) is 0 Å². The number of hydrogen-bond donors (Lipinski definition) is 2. The molecule has 2 N–H and O–H groups in total. The maximum absolute atomic E-state index is 12.9. The fraction of sp³-hybridized carbons (Fsp3) is 0.467. The quantitative estimate of drug-likeness (QED) is 0.912. The standard InChI is InChI=1S/C15H18FN3OS/c16-11-7-5-10(6-8-11)9-14-18-19-15(21-14)17-12-3-1-2-4-13(12)20/h5-8,12-13,20H,1-4,9H2,(H,17,19)/t12-,13-/m0/s1. The van der Waals surface area contributed by atoms with Crippen LogP contribution in [0.5, 0.6) is 0 Å². The summed E-state index contributed by atoms with van der Waals surface area (Å²) in [5.41, 5.74) is 1.01. The van der Waals surface area contributed by atoms with Gasteiger partial charge >= 0.3 is 0 Å². The highest BCUT2D eigenvalue weighted by atomic mass is 32.1. The van der Waals surface area contributed by atoms with Crippen LogP contribution in [-0.2, 0) is 6.42 Å². The second-order valence-electron chi connectivity index (χ2n) is 5.41. The molecular weight excluding hydrogens is 289 g/mol. The Morgan fingerprint density at radius 2 is 1.95 bits per heavy atom. The Balaban J connectivity index is 1.61. The lowest BCUT2D eigenvalue weighted by atomic mass is 9.93. The topological polar surface area (TPSA) is 58.0 Å². The summed E-state index contributed by atoms with van der Waals surface area (Å²) in [5, 5.41) is 23.2. The summed E-state index contributed by atoms with van der Waals surface area (Å²) < 4.78 is 12.9. The first-order chi connectivity index (χ1) is 10.2. The molecule has 1 aromatic heterocycles. The van der Waals surface area contributed by atoms with Gasteiger partial charge in [-0.15, -0.1) is 10.2 Å². The molecule has 2 atom stereocenters. The zero-order valence-corrected chi connectivity index (χ0v) is 12.4. The molecule has 0 amide bonds. The van der Waals surface area contributed by atoms with E-state index >= 15 is 0 Å². The van der Waals surface area contributed by atoms with Crippen LogP contribution in [0.2, 0.25) is 0 Å². The van der Waals surface area contributed by atoms with E-state index in [1.54, 1.807) is 12.1 Å². The third-order valence-electron chi connectivity index (χ3n) is 3.77. The Morgan fingerprint density at radius 1 is 1.19 bits per heavy atom. The molecule has 6 heteroatoms. The van der Waals surface area contributed by atoms with Gasteiger partial charge in [-0.2, -0.15) is 0 Å². The third-order valence-corrected chi connectivity index (χ3v) is 4.63. The minimum atomic E-state index is -0.303. The van der Waals surface area contributed by atoms with Crippen molar-refractivity contribution in [1.29, 1.82) is 0 Å². The lowest BCUT2D eigenvalue weighted by Crippen LogP contribution is -2.36. The summed E-state index contributed by atoms with van der Waals surface area (Å²) >= 11 is 1.49. The van der Waals surface area contributed by atoms with Crippen LogP contribution in [0.1, 0.15) is 36.3 Å². The highest BCUT2D eigenvalue weighted by molar-refractivity contribution is 7.15. The van der Waals surface area contributed by atoms with Gasteiger partial charge in [0, 0.05) is 6.42 Å². The first kappa shape index (κ1) is 14.4. The first-order valence-electron chi connectivity index (χ1n) is 7.22. The summed E-state index contributed by atoms with van der Waals surface area (Å²) in [7, 11) is 0. The average molecular weight is 307 g/mol. The van der Waals surface area contributed by atoms with Gasteiger partial charge < -0.3 is 10.4 Å². The average Bonchev–Trinajstić information content (AvgIpc) is 2.91. The van der Waals surface area contributed by atoms with E-state index in [4.69, 9.17) is 0 Å². The molecule has 1 aromatic carbocycles. The normalized spacial score (nSPS) is 22.2. The summed E-state index contributed by atoms with van der Waals surface area (Å²) in [5.74, 6) is -0.232. The minimum absolute atomic E-state index is 0.0744. The van der Waals surface area contributed by atoms with Gasteiger partial charge in [0.15, 0.2) is 0 Å². The van der Waals surface area contributed by atoms with E-state index in [2.05, 4.69) is 15.5 Å². The number of hydrogen-bond acceptors (Lipinski definition) is 5. The van der Waals surface area contributed by atoms with E-state index in [1.807, 2.05) is 0 Å². The van der Waals surface area contributed by atoms with E-state index in [-0.39, 0.29) is 18.0 Å². The molecule has 0 spiro atoms. The van der Waals surface area contributed by atoms with E-state index in [0.717, 1.165) is 41.4 Å². The summed E-state index contributed by atoms with van der Waals surface area (Å²) in [6, 6.07) is 6.50. The predicted molar refractivity (Wildman–Crippen MR) is 81.0 cm³/mol. The lowest BCUT2D eigenvalue weighted by molar-refractivity contribution is 0.116. The fourth-order valence-electron chi connectivity index (χ4n) is 2.60. The summed E-state index contributed by atoms with van der Waals surface area (Å²) in [6.07, 6.45) is 4.38. The number of anilines is 1. The molecule has 0 bridgehead atoms. The maximum atomic E-state index is 12.9. The van der Waals surface area contributed by atoms with Crippen LogP contribution in [0.15, 0.2) is 24.3 Å². The van der Waals surface area contributed by atoms with Crippen molar-refractivity contribution < 1.29 is 9.50 Å². The van der Waals surface area contributed by atoms with Crippen molar-refractivity contribution in [3.63, 3.8) is 0 Å². The van der Waals surface area contributed by atoms with Crippen molar-refractivity contribution in [3.8, 4) is 0 Å². The zero-order valence-electron chi connectivity index (χ0n) is 11.6. The highest BCUT2D eigenvalue weighted by Crippen LogP contribution is 2.25. The highest BCUT2D eigenvalue weighted by Gasteiger charge is 2.23. The lowest BCUT2D eigenvalue weighted by Gasteiger charge is -2.27. The smallest absolute Gasteiger partial charge is 0.205 e. The molecular formula is C15H18FN3OS. The monoisotopic (exact) mass is 307 g/mol. The van der Waals surface area contributed by atoms with Crippen LogP contribution >= 0.6 is 11.3 Å². The number of aromatic nitrogens is 2. The summed E-state index contributed by atoms with van der Waals surface area (Å²) in [4.78, 5) is 0. The molecule has 0 unspecified atom stereocenters. The van der Waals surface area contributed by atoms with Gasteiger partial charge in [-0.3, -0.25) is 0 Å². The van der Waals surface area contributed by atoms with Crippen LogP contribution in [0.4, 0.5) is 9.52 Å². The maximum Gasteiger partial charge on any atom is 0.205 e. The minimum Gasteiger partial charge on any atom is -0.391 e. The molecule has 2 aromatic rings. The summed E-state index contributed by atoms with van der Waals surface area (Å²) in [6.45, 7) is 0. The molecule has 4 nitrogen and oxygen atoms in total. The molecule has 1 aliphatic rings. The van der Waals surface area contributed by atoms with Gasteiger partial charge in [0.2, 0.25) is 5.13 Å². The number of halogens is 1. The number of nitrogens with zero attached hydrogens (tertiary/aromatic N) is 2. The number of nitrogens with one attached hydrogen (secondary N) is 1. The van der Waals surface area contributed by atoms with Crippen LogP contribution < -0.4 is 5.32 Å². The predicted octanol–water partition coefficient (Wildman–Crippen LogP) is 2.98. The second-order valence-corrected chi connectivity index (χ2v) is 6.47. The Labute approximate surface area is 127 Å². The number of aliphatic hydroxyl groups is 1. The molecule has 21 heavy (non-hydrogen) atoms. The van der Waals surface area contributed by atoms with Gasteiger partial charge in [0.05, 0.1) is 12.1 Å². The molecule has 1 saturated carbocycles. The molecule has 1 aliphatic carbocycles. The Bertz CT molecular complexity index is 587. The van der Waals surface area contributed by atoms with Crippen molar-refractivity contribution >= 4 is 16.5 Å². The molecule has 0 saturated heterocycles. The molecule has 3 rings (SSSR count). The van der Waals surface area contributed by atoms with Gasteiger partial charge in [-0.1, -0.05) is 36.3 Å². The fourth-order valence-corrected chi connectivity index (χ4v) is 3.43. The largest absolute Gasteiger partial charge is 0.391 e. The van der Waals surface area contributed by atoms with Gasteiger partial charge in [0.1, 0.15) is 10.8 Å². The zero-order chi connectivity index (χ0) is 14.7. The number of aliphatic hydroxyl groups excluding tert-OH is 1. The van der Waals surface area contributed by atoms with E-state index in [9.17, 15) is 9.50 Å². The van der Waals surface area contributed by atoms with Crippen molar-refractivity contribution in [3.05, 3.63) is 40.7 Å². The van der Waals surface area contributed by atoms with E-state index in [1.165, 1.54) is 23.5 Å². The molecule has 1 fully saturated rings. The molecule has 0 radical (unpaired) electrons. The number of rotatable bonds is 4. The van der Waals surface area contributed by atoms with Crippen molar-refractivity contribution in [1.82, 2.24) is 10.2 Å².